The van der Waals surface area contributed by atoms with E-state index < -0.39 is 36.8 Å². The lowest BCUT2D eigenvalue weighted by Gasteiger charge is -2.29. The molecule has 0 rings (SSSR count). The molecule has 20 heavy (non-hydrogen) atoms. The molecule has 0 aliphatic heterocycles. The molecule has 0 aliphatic rings. The Morgan fingerprint density at radius 1 is 1.20 bits per heavy atom. The standard InChI is InChI=1S/C12H21F3N2O3/c1-7(2)5-9(10(18)19)16-11(20)17(8(3)4)6-12(13,14)15/h7-9H,5-6H2,1-4H3,(H,16,20)(H,18,19). The van der Waals surface area contributed by atoms with Crippen molar-refractivity contribution in [2.75, 3.05) is 6.54 Å². The summed E-state index contributed by atoms with van der Waals surface area (Å²) in [7, 11) is 0. The molecule has 0 aromatic rings. The predicted octanol–water partition coefficient (Wildman–Crippen LogP) is 2.47. The van der Waals surface area contributed by atoms with E-state index in [9.17, 15) is 22.8 Å². The second-order valence-electron chi connectivity index (χ2n) is 5.31. The Bertz CT molecular complexity index is 343. The first-order chi connectivity index (χ1) is 8.94. The van der Waals surface area contributed by atoms with Crippen LogP contribution >= 0.6 is 0 Å². The van der Waals surface area contributed by atoms with Crippen molar-refractivity contribution in [3.05, 3.63) is 0 Å². The molecule has 0 radical (unpaired) electrons. The van der Waals surface area contributed by atoms with Gasteiger partial charge in [0.1, 0.15) is 12.6 Å². The van der Waals surface area contributed by atoms with Crippen molar-refractivity contribution < 1.29 is 27.9 Å². The third kappa shape index (κ3) is 7.20. The number of carboxylic acid groups (broad SMARTS) is 1. The molecule has 8 heteroatoms. The maximum atomic E-state index is 12.4. The zero-order valence-corrected chi connectivity index (χ0v) is 12.0. The van der Waals surface area contributed by atoms with Crippen molar-refractivity contribution in [3.63, 3.8) is 0 Å². The van der Waals surface area contributed by atoms with Gasteiger partial charge in [-0.25, -0.2) is 9.59 Å². The lowest BCUT2D eigenvalue weighted by atomic mass is 10.0. The summed E-state index contributed by atoms with van der Waals surface area (Å²) in [5.74, 6) is -1.27. The van der Waals surface area contributed by atoms with Crippen LogP contribution in [0.15, 0.2) is 0 Å². The summed E-state index contributed by atoms with van der Waals surface area (Å²) < 4.78 is 37.2. The van der Waals surface area contributed by atoms with E-state index in [1.165, 1.54) is 13.8 Å². The van der Waals surface area contributed by atoms with Crippen molar-refractivity contribution in [3.8, 4) is 0 Å². The van der Waals surface area contributed by atoms with E-state index in [4.69, 9.17) is 5.11 Å². The fraction of sp³-hybridized carbons (Fsp3) is 0.833. The SMILES string of the molecule is CC(C)CC(NC(=O)N(CC(F)(F)F)C(C)C)C(=O)O. The minimum absolute atomic E-state index is 0.00786. The Hall–Kier alpha value is -1.47. The summed E-state index contributed by atoms with van der Waals surface area (Å²) >= 11 is 0. The van der Waals surface area contributed by atoms with Crippen molar-refractivity contribution >= 4 is 12.0 Å². The Morgan fingerprint density at radius 2 is 1.70 bits per heavy atom. The lowest BCUT2D eigenvalue weighted by molar-refractivity contribution is -0.143. The highest BCUT2D eigenvalue weighted by Gasteiger charge is 2.35. The molecular weight excluding hydrogens is 277 g/mol. The van der Waals surface area contributed by atoms with Crippen LogP contribution < -0.4 is 5.32 Å². The Kier molecular flexibility index (Phi) is 6.81. The monoisotopic (exact) mass is 298 g/mol. The van der Waals surface area contributed by atoms with Crippen LogP contribution in [0, 0.1) is 5.92 Å². The summed E-state index contributed by atoms with van der Waals surface area (Å²) in [6, 6.07) is -2.91. The molecule has 0 aliphatic carbocycles. The van der Waals surface area contributed by atoms with E-state index in [0.717, 1.165) is 0 Å². The van der Waals surface area contributed by atoms with Gasteiger partial charge >= 0.3 is 18.2 Å². The number of rotatable bonds is 6. The molecule has 1 atom stereocenters. The quantitative estimate of drug-likeness (QED) is 0.791. The van der Waals surface area contributed by atoms with E-state index in [-0.39, 0.29) is 12.3 Å². The van der Waals surface area contributed by atoms with E-state index in [1.807, 2.05) is 0 Å². The van der Waals surface area contributed by atoms with Gasteiger partial charge in [-0.1, -0.05) is 13.8 Å². The number of hydrogen-bond donors (Lipinski definition) is 2. The molecule has 0 bridgehead atoms. The first-order valence-corrected chi connectivity index (χ1v) is 6.30. The number of carboxylic acids is 1. The Morgan fingerprint density at radius 3 is 2.00 bits per heavy atom. The Labute approximate surface area is 116 Å². The smallest absolute Gasteiger partial charge is 0.406 e. The molecule has 0 fully saturated rings. The summed E-state index contributed by atoms with van der Waals surface area (Å²) in [6.45, 7) is 4.98. The van der Waals surface area contributed by atoms with E-state index in [0.29, 0.717) is 4.90 Å². The third-order valence-electron chi connectivity index (χ3n) is 2.54. The zero-order valence-electron chi connectivity index (χ0n) is 12.0. The van der Waals surface area contributed by atoms with Gasteiger partial charge in [-0.3, -0.25) is 0 Å². The average molecular weight is 298 g/mol. The summed E-state index contributed by atoms with van der Waals surface area (Å²) in [5.41, 5.74) is 0. The Balaban J connectivity index is 4.85. The van der Waals surface area contributed by atoms with Crippen molar-refractivity contribution in [2.45, 2.75) is 52.4 Å². The van der Waals surface area contributed by atoms with Gasteiger partial charge in [0, 0.05) is 6.04 Å². The number of nitrogens with one attached hydrogen (secondary N) is 1. The number of carbonyl (C=O) groups is 2. The van der Waals surface area contributed by atoms with Crippen LogP contribution in [0.25, 0.3) is 0 Å². The highest BCUT2D eigenvalue weighted by Crippen LogP contribution is 2.18. The van der Waals surface area contributed by atoms with Gasteiger partial charge in [0.2, 0.25) is 0 Å². The molecule has 0 heterocycles. The molecule has 5 nitrogen and oxygen atoms in total. The highest BCUT2D eigenvalue weighted by molar-refractivity contribution is 5.82. The predicted molar refractivity (Wildman–Crippen MR) is 67.3 cm³/mol. The number of urea groups is 1. The van der Waals surface area contributed by atoms with Crippen LogP contribution in [-0.2, 0) is 4.79 Å². The van der Waals surface area contributed by atoms with Gasteiger partial charge in [-0.05, 0) is 26.2 Å². The van der Waals surface area contributed by atoms with Gasteiger partial charge in [-0.15, -0.1) is 0 Å². The first kappa shape index (κ1) is 18.5. The fourth-order valence-corrected chi connectivity index (χ4v) is 1.61. The van der Waals surface area contributed by atoms with Crippen molar-refractivity contribution in [1.82, 2.24) is 10.2 Å². The van der Waals surface area contributed by atoms with Crippen molar-refractivity contribution in [2.24, 2.45) is 5.92 Å². The fourth-order valence-electron chi connectivity index (χ4n) is 1.61. The normalized spacial score (nSPS) is 13.4. The van der Waals surface area contributed by atoms with Crippen LogP contribution in [0.3, 0.4) is 0 Å². The maximum Gasteiger partial charge on any atom is 0.406 e. The number of carbonyl (C=O) groups excluding carboxylic acids is 1. The van der Waals surface area contributed by atoms with Crippen molar-refractivity contribution in [1.29, 1.82) is 0 Å². The van der Waals surface area contributed by atoms with Gasteiger partial charge in [0.25, 0.3) is 0 Å². The molecular formula is C12H21F3N2O3. The average Bonchev–Trinajstić information content (AvgIpc) is 2.22. The minimum Gasteiger partial charge on any atom is -0.480 e. The molecule has 0 aromatic heterocycles. The van der Waals surface area contributed by atoms with Gasteiger partial charge in [0.15, 0.2) is 0 Å². The van der Waals surface area contributed by atoms with Crippen LogP contribution in [0.2, 0.25) is 0 Å². The largest absolute Gasteiger partial charge is 0.480 e. The maximum absolute atomic E-state index is 12.4. The summed E-state index contributed by atoms with van der Waals surface area (Å²) in [4.78, 5) is 23.4. The van der Waals surface area contributed by atoms with E-state index in [2.05, 4.69) is 5.32 Å². The van der Waals surface area contributed by atoms with Gasteiger partial charge in [0.05, 0.1) is 0 Å². The summed E-state index contributed by atoms with van der Waals surface area (Å²) in [6.07, 6.45) is -4.38. The second kappa shape index (κ2) is 7.35. The number of halogens is 3. The summed E-state index contributed by atoms with van der Waals surface area (Å²) in [5, 5.41) is 11.1. The second-order valence-corrected chi connectivity index (χ2v) is 5.31. The van der Waals surface area contributed by atoms with Gasteiger partial charge in [-0.2, -0.15) is 13.2 Å². The lowest BCUT2D eigenvalue weighted by Crippen LogP contribution is -2.52. The molecule has 0 saturated carbocycles. The van der Waals surface area contributed by atoms with Crippen LogP contribution in [-0.4, -0.2) is 46.8 Å². The number of hydrogen-bond acceptors (Lipinski definition) is 2. The van der Waals surface area contributed by atoms with E-state index in [1.54, 1.807) is 13.8 Å². The molecule has 0 spiro atoms. The number of amides is 2. The van der Waals surface area contributed by atoms with Crippen LogP contribution in [0.1, 0.15) is 34.1 Å². The van der Waals surface area contributed by atoms with Crippen LogP contribution in [0.5, 0.6) is 0 Å². The van der Waals surface area contributed by atoms with Gasteiger partial charge < -0.3 is 15.3 Å². The molecule has 118 valence electrons. The highest BCUT2D eigenvalue weighted by atomic mass is 19.4. The molecule has 2 N–H and O–H groups in total. The van der Waals surface area contributed by atoms with Crippen LogP contribution in [0.4, 0.5) is 18.0 Å². The third-order valence-corrected chi connectivity index (χ3v) is 2.54. The minimum atomic E-state index is -4.53. The first-order valence-electron chi connectivity index (χ1n) is 6.30. The molecule has 0 aromatic carbocycles. The van der Waals surface area contributed by atoms with E-state index >= 15 is 0 Å². The molecule has 0 saturated heterocycles. The topological polar surface area (TPSA) is 69.6 Å². The number of nitrogens with zero attached hydrogens (tertiary/aromatic N) is 1. The number of alkyl halides is 3. The molecule has 2 amide bonds. The molecule has 1 unspecified atom stereocenters. The zero-order chi connectivity index (χ0) is 16.1. The number of aliphatic carboxylic acids is 1.